The van der Waals surface area contributed by atoms with Gasteiger partial charge in [-0.15, -0.1) is 0 Å². The minimum atomic E-state index is -3.35. The van der Waals surface area contributed by atoms with Gasteiger partial charge in [0.05, 0.1) is 15.9 Å². The summed E-state index contributed by atoms with van der Waals surface area (Å²) in [5.74, 6) is 1.09. The van der Waals surface area contributed by atoms with Crippen molar-refractivity contribution in [1.29, 1.82) is 0 Å². The average Bonchev–Trinajstić information content (AvgIpc) is 3.13. The Balaban J connectivity index is 1.57. The number of aromatic nitrogens is 2. The van der Waals surface area contributed by atoms with Crippen molar-refractivity contribution in [1.82, 2.24) is 9.97 Å². The fraction of sp³-hybridized carbons (Fsp3) is 0.130. The molecule has 1 heterocycles. The Morgan fingerprint density at radius 1 is 1.06 bits per heavy atom. The van der Waals surface area contributed by atoms with Crippen LogP contribution in [-0.4, -0.2) is 30.5 Å². The van der Waals surface area contributed by atoms with Crippen molar-refractivity contribution in [2.75, 3.05) is 11.6 Å². The van der Waals surface area contributed by atoms with Crippen molar-refractivity contribution in [2.45, 2.75) is 18.4 Å². The molecule has 31 heavy (non-hydrogen) atoms. The molecule has 0 saturated carbocycles. The molecule has 7 nitrogen and oxygen atoms in total. The Morgan fingerprint density at radius 3 is 2.65 bits per heavy atom. The van der Waals surface area contributed by atoms with E-state index < -0.39 is 9.84 Å². The van der Waals surface area contributed by atoms with Gasteiger partial charge in [0, 0.05) is 30.5 Å². The Bertz CT molecular complexity index is 1380. The minimum Gasteiger partial charge on any atom is -0.486 e. The first-order chi connectivity index (χ1) is 14.8. The lowest BCUT2D eigenvalue weighted by Gasteiger charge is -2.07. The predicted octanol–water partition coefficient (Wildman–Crippen LogP) is 4.17. The number of amides is 1. The SMILES string of the molecule is CC(=O)Nc1cccc(OCc2nc3cc(-c4ccccc4S(C)(=O)=O)ccc3[nH]2)c1. The number of hydrogen-bond donors (Lipinski definition) is 2. The van der Waals surface area contributed by atoms with Gasteiger partial charge in [-0.05, 0) is 35.9 Å². The van der Waals surface area contributed by atoms with E-state index in [9.17, 15) is 13.2 Å². The summed E-state index contributed by atoms with van der Waals surface area (Å²) in [4.78, 5) is 19.3. The van der Waals surface area contributed by atoms with E-state index in [1.165, 1.54) is 13.2 Å². The third-order valence-corrected chi connectivity index (χ3v) is 5.81. The summed E-state index contributed by atoms with van der Waals surface area (Å²) in [6.45, 7) is 1.66. The molecule has 3 aromatic carbocycles. The van der Waals surface area contributed by atoms with Crippen molar-refractivity contribution in [3.8, 4) is 16.9 Å². The summed E-state index contributed by atoms with van der Waals surface area (Å²) in [5, 5.41) is 2.72. The molecule has 0 radical (unpaired) electrons. The molecule has 2 N–H and O–H groups in total. The van der Waals surface area contributed by atoms with E-state index in [2.05, 4.69) is 15.3 Å². The number of benzene rings is 3. The number of ether oxygens (including phenoxy) is 1. The van der Waals surface area contributed by atoms with Crippen LogP contribution in [0.4, 0.5) is 5.69 Å². The summed E-state index contributed by atoms with van der Waals surface area (Å²) in [5.41, 5.74) is 3.61. The highest BCUT2D eigenvalue weighted by atomic mass is 32.2. The van der Waals surface area contributed by atoms with Crippen LogP contribution in [-0.2, 0) is 21.2 Å². The first-order valence-electron chi connectivity index (χ1n) is 9.58. The molecule has 0 aliphatic rings. The number of imidazole rings is 1. The van der Waals surface area contributed by atoms with Crippen LogP contribution in [0.1, 0.15) is 12.7 Å². The molecule has 158 valence electrons. The average molecular weight is 436 g/mol. The lowest BCUT2D eigenvalue weighted by molar-refractivity contribution is -0.114. The van der Waals surface area contributed by atoms with Gasteiger partial charge in [0.2, 0.25) is 5.91 Å². The molecule has 1 aromatic heterocycles. The van der Waals surface area contributed by atoms with Gasteiger partial charge < -0.3 is 15.0 Å². The summed E-state index contributed by atoms with van der Waals surface area (Å²) in [6.07, 6.45) is 1.20. The molecule has 0 spiro atoms. The van der Waals surface area contributed by atoms with Crippen molar-refractivity contribution in [3.05, 3.63) is 72.6 Å². The number of carbonyl (C=O) groups excluding carboxylic acids is 1. The third-order valence-electron chi connectivity index (χ3n) is 4.66. The monoisotopic (exact) mass is 435 g/mol. The highest BCUT2D eigenvalue weighted by Gasteiger charge is 2.15. The van der Waals surface area contributed by atoms with E-state index in [0.29, 0.717) is 28.3 Å². The summed E-state index contributed by atoms with van der Waals surface area (Å²) in [6, 6.07) is 19.6. The smallest absolute Gasteiger partial charge is 0.221 e. The van der Waals surface area contributed by atoms with E-state index in [0.717, 1.165) is 11.1 Å². The molecule has 4 rings (SSSR count). The van der Waals surface area contributed by atoms with Crippen molar-refractivity contribution in [2.24, 2.45) is 0 Å². The number of anilines is 1. The lowest BCUT2D eigenvalue weighted by Crippen LogP contribution is -2.05. The first-order valence-corrected chi connectivity index (χ1v) is 11.5. The van der Waals surface area contributed by atoms with Gasteiger partial charge in [0.1, 0.15) is 18.2 Å². The van der Waals surface area contributed by atoms with Crippen LogP contribution in [0.15, 0.2) is 71.6 Å². The van der Waals surface area contributed by atoms with Crippen molar-refractivity contribution >= 4 is 32.5 Å². The van der Waals surface area contributed by atoms with Crippen LogP contribution in [0, 0.1) is 0 Å². The zero-order valence-corrected chi connectivity index (χ0v) is 17.9. The summed E-state index contributed by atoms with van der Waals surface area (Å²) >= 11 is 0. The fourth-order valence-corrected chi connectivity index (χ4v) is 4.25. The number of H-pyrrole nitrogens is 1. The summed E-state index contributed by atoms with van der Waals surface area (Å²) < 4.78 is 30.1. The van der Waals surface area contributed by atoms with Crippen LogP contribution in [0.5, 0.6) is 5.75 Å². The van der Waals surface area contributed by atoms with Gasteiger partial charge in [-0.1, -0.05) is 30.3 Å². The maximum absolute atomic E-state index is 12.1. The number of fused-ring (bicyclic) bond motifs is 1. The van der Waals surface area contributed by atoms with E-state index in [1.807, 2.05) is 24.3 Å². The topological polar surface area (TPSA) is 101 Å². The number of rotatable bonds is 6. The minimum absolute atomic E-state index is 0.150. The van der Waals surface area contributed by atoms with Crippen molar-refractivity contribution in [3.63, 3.8) is 0 Å². The predicted molar refractivity (Wildman–Crippen MR) is 120 cm³/mol. The maximum Gasteiger partial charge on any atom is 0.221 e. The quantitative estimate of drug-likeness (QED) is 0.473. The zero-order chi connectivity index (χ0) is 22.0. The fourth-order valence-electron chi connectivity index (χ4n) is 3.34. The first kappa shape index (κ1) is 20.6. The van der Waals surface area contributed by atoms with Crippen LogP contribution < -0.4 is 10.1 Å². The molecule has 1 amide bonds. The molecular weight excluding hydrogens is 414 g/mol. The molecule has 0 atom stereocenters. The standard InChI is InChI=1S/C23H21N3O4S/c1-15(27)24-17-6-5-7-18(13-17)30-14-23-25-20-11-10-16(12-21(20)26-23)19-8-3-4-9-22(19)31(2,28)29/h3-13H,14H2,1-2H3,(H,24,27)(H,25,26). The van der Waals surface area contributed by atoms with E-state index in [4.69, 9.17) is 4.74 Å². The highest BCUT2D eigenvalue weighted by Crippen LogP contribution is 2.29. The van der Waals surface area contributed by atoms with Gasteiger partial charge >= 0.3 is 0 Å². The summed E-state index contributed by atoms with van der Waals surface area (Å²) in [7, 11) is -3.35. The van der Waals surface area contributed by atoms with Gasteiger partial charge in [-0.3, -0.25) is 4.79 Å². The molecular formula is C23H21N3O4S. The van der Waals surface area contributed by atoms with E-state index >= 15 is 0 Å². The number of nitrogens with one attached hydrogen (secondary N) is 2. The van der Waals surface area contributed by atoms with Crippen LogP contribution >= 0.6 is 0 Å². The molecule has 0 saturated heterocycles. The molecule has 0 fully saturated rings. The molecule has 8 heteroatoms. The number of carbonyl (C=O) groups is 1. The van der Waals surface area contributed by atoms with Crippen LogP contribution in [0.25, 0.3) is 22.2 Å². The number of hydrogen-bond acceptors (Lipinski definition) is 5. The highest BCUT2D eigenvalue weighted by molar-refractivity contribution is 7.90. The van der Waals surface area contributed by atoms with Gasteiger partial charge in [0.15, 0.2) is 9.84 Å². The second-order valence-electron chi connectivity index (χ2n) is 7.18. The van der Waals surface area contributed by atoms with Gasteiger partial charge in [-0.2, -0.15) is 0 Å². The van der Waals surface area contributed by atoms with Crippen LogP contribution in [0.2, 0.25) is 0 Å². The Hall–Kier alpha value is -3.65. The Morgan fingerprint density at radius 2 is 1.87 bits per heavy atom. The molecule has 0 bridgehead atoms. The van der Waals surface area contributed by atoms with Crippen LogP contribution in [0.3, 0.4) is 0 Å². The molecule has 0 aliphatic heterocycles. The van der Waals surface area contributed by atoms with Gasteiger partial charge in [0.25, 0.3) is 0 Å². The number of nitrogens with zero attached hydrogens (tertiary/aromatic N) is 1. The van der Waals surface area contributed by atoms with E-state index in [1.54, 1.807) is 42.5 Å². The lowest BCUT2D eigenvalue weighted by atomic mass is 10.1. The maximum atomic E-state index is 12.1. The largest absolute Gasteiger partial charge is 0.486 e. The van der Waals surface area contributed by atoms with Gasteiger partial charge in [-0.25, -0.2) is 13.4 Å². The second-order valence-corrected chi connectivity index (χ2v) is 9.17. The van der Waals surface area contributed by atoms with Crippen molar-refractivity contribution < 1.29 is 17.9 Å². The third kappa shape index (κ3) is 4.75. The molecule has 4 aromatic rings. The second kappa shape index (κ2) is 8.23. The Kier molecular flexibility index (Phi) is 5.48. The zero-order valence-electron chi connectivity index (χ0n) is 17.0. The van der Waals surface area contributed by atoms with E-state index in [-0.39, 0.29) is 17.4 Å². The number of sulfone groups is 1. The Labute approximate surface area is 180 Å². The molecule has 0 aliphatic carbocycles. The normalized spacial score (nSPS) is 11.4. The molecule has 0 unspecified atom stereocenters. The number of aromatic amines is 1.